The molecule has 3 nitrogen and oxygen atoms in total. The van der Waals surface area contributed by atoms with Gasteiger partial charge in [-0.2, -0.15) is 0 Å². The number of hydrogen-bond acceptors (Lipinski definition) is 3. The molecule has 1 aliphatic rings. The van der Waals surface area contributed by atoms with Gasteiger partial charge in [-0.05, 0) is 13.3 Å². The first kappa shape index (κ1) is 9.68. The molecule has 0 radical (unpaired) electrons. The molecule has 3 atom stereocenters. The Bertz CT molecular complexity index is 158. The minimum atomic E-state index is -0.0434. The molecular formula is C9H17NO2. The third-order valence-corrected chi connectivity index (χ3v) is 2.57. The summed E-state index contributed by atoms with van der Waals surface area (Å²) in [6.45, 7) is 5.08. The van der Waals surface area contributed by atoms with E-state index >= 15 is 0 Å². The van der Waals surface area contributed by atoms with E-state index in [1.165, 1.54) is 0 Å². The fourth-order valence-corrected chi connectivity index (χ4v) is 1.39. The lowest BCUT2D eigenvalue weighted by atomic mass is 9.89. The third kappa shape index (κ3) is 2.05. The van der Waals surface area contributed by atoms with Crippen molar-refractivity contribution < 1.29 is 9.53 Å². The van der Waals surface area contributed by atoms with E-state index in [-0.39, 0.29) is 23.7 Å². The predicted molar refractivity (Wildman–Crippen MR) is 46.7 cm³/mol. The maximum Gasteiger partial charge on any atom is 0.142 e. The molecule has 3 heteroatoms. The highest BCUT2D eigenvalue weighted by Gasteiger charge is 2.28. The molecule has 0 bridgehead atoms. The van der Waals surface area contributed by atoms with Crippen molar-refractivity contribution in [2.24, 2.45) is 17.6 Å². The van der Waals surface area contributed by atoms with Gasteiger partial charge >= 0.3 is 0 Å². The summed E-state index contributed by atoms with van der Waals surface area (Å²) in [6.07, 6.45) is 0.871. The zero-order valence-corrected chi connectivity index (χ0v) is 7.75. The van der Waals surface area contributed by atoms with E-state index in [1.54, 1.807) is 0 Å². The molecule has 0 aromatic carbocycles. The van der Waals surface area contributed by atoms with Gasteiger partial charge in [-0.1, -0.05) is 6.92 Å². The Morgan fingerprint density at radius 2 is 2.25 bits per heavy atom. The fraction of sp³-hybridized carbons (Fsp3) is 0.889. The van der Waals surface area contributed by atoms with Crippen molar-refractivity contribution in [3.63, 3.8) is 0 Å². The highest BCUT2D eigenvalue weighted by atomic mass is 16.5. The zero-order valence-electron chi connectivity index (χ0n) is 7.75. The maximum absolute atomic E-state index is 11.6. The van der Waals surface area contributed by atoms with Crippen LogP contribution in [-0.4, -0.2) is 25.0 Å². The summed E-state index contributed by atoms with van der Waals surface area (Å²) < 4.78 is 5.15. The Morgan fingerprint density at radius 3 is 2.67 bits per heavy atom. The number of ether oxygens (including phenoxy) is 1. The molecule has 12 heavy (non-hydrogen) atoms. The van der Waals surface area contributed by atoms with Crippen molar-refractivity contribution in [1.29, 1.82) is 0 Å². The summed E-state index contributed by atoms with van der Waals surface area (Å²) in [5, 5.41) is 0. The number of Topliss-reactive ketones (excluding diaryl/α,β-unsaturated/α-hetero) is 1. The van der Waals surface area contributed by atoms with Crippen LogP contribution in [0.4, 0.5) is 0 Å². The van der Waals surface area contributed by atoms with E-state index in [1.807, 2.05) is 13.8 Å². The average Bonchev–Trinajstić information content (AvgIpc) is 2.53. The van der Waals surface area contributed by atoms with Crippen molar-refractivity contribution in [2.45, 2.75) is 26.3 Å². The second-order valence-electron chi connectivity index (χ2n) is 3.61. The van der Waals surface area contributed by atoms with Gasteiger partial charge in [0.05, 0.1) is 6.61 Å². The number of carbonyl (C=O) groups excluding carboxylic acids is 1. The monoisotopic (exact) mass is 171 g/mol. The Balaban J connectivity index is 2.45. The zero-order chi connectivity index (χ0) is 9.14. The van der Waals surface area contributed by atoms with Gasteiger partial charge in [-0.25, -0.2) is 0 Å². The molecule has 3 unspecified atom stereocenters. The van der Waals surface area contributed by atoms with Gasteiger partial charge in [-0.3, -0.25) is 4.79 Å². The van der Waals surface area contributed by atoms with Crippen LogP contribution in [0.5, 0.6) is 0 Å². The molecule has 0 saturated carbocycles. The number of hydrogen-bond donors (Lipinski definition) is 1. The number of ketones is 1. The topological polar surface area (TPSA) is 52.3 Å². The van der Waals surface area contributed by atoms with Crippen LogP contribution >= 0.6 is 0 Å². The molecule has 0 aromatic heterocycles. The molecule has 0 spiro atoms. The first-order chi connectivity index (χ1) is 5.63. The summed E-state index contributed by atoms with van der Waals surface area (Å²) >= 11 is 0. The number of carbonyl (C=O) groups is 1. The van der Waals surface area contributed by atoms with E-state index < -0.39 is 0 Å². The molecular weight excluding hydrogens is 154 g/mol. The molecule has 2 N–H and O–H groups in total. The van der Waals surface area contributed by atoms with Crippen molar-refractivity contribution in [3.05, 3.63) is 0 Å². The fourth-order valence-electron chi connectivity index (χ4n) is 1.39. The second-order valence-corrected chi connectivity index (χ2v) is 3.61. The standard InChI is InChI=1S/C9H17NO2/c1-6(7(2)10)9(11)8-3-4-12-5-8/h6-8H,3-5,10H2,1-2H3. The van der Waals surface area contributed by atoms with Gasteiger partial charge in [-0.15, -0.1) is 0 Å². The maximum atomic E-state index is 11.6. The Kier molecular flexibility index (Phi) is 3.23. The van der Waals surface area contributed by atoms with Crippen LogP contribution in [0.1, 0.15) is 20.3 Å². The quantitative estimate of drug-likeness (QED) is 0.675. The van der Waals surface area contributed by atoms with Crippen LogP contribution < -0.4 is 5.73 Å². The first-order valence-electron chi connectivity index (χ1n) is 4.50. The lowest BCUT2D eigenvalue weighted by molar-refractivity contribution is -0.126. The lowest BCUT2D eigenvalue weighted by Crippen LogP contribution is -2.34. The first-order valence-corrected chi connectivity index (χ1v) is 4.50. The highest BCUT2D eigenvalue weighted by molar-refractivity contribution is 5.84. The highest BCUT2D eigenvalue weighted by Crippen LogP contribution is 2.18. The molecule has 1 aliphatic heterocycles. The van der Waals surface area contributed by atoms with Crippen molar-refractivity contribution in [3.8, 4) is 0 Å². The molecule has 1 fully saturated rings. The second kappa shape index (κ2) is 4.01. The van der Waals surface area contributed by atoms with Crippen LogP contribution in [0.2, 0.25) is 0 Å². The van der Waals surface area contributed by atoms with E-state index in [9.17, 15) is 4.79 Å². The summed E-state index contributed by atoms with van der Waals surface area (Å²) in [7, 11) is 0. The van der Waals surface area contributed by atoms with Crippen LogP contribution in [0, 0.1) is 11.8 Å². The minimum Gasteiger partial charge on any atom is -0.381 e. The third-order valence-electron chi connectivity index (χ3n) is 2.57. The largest absolute Gasteiger partial charge is 0.381 e. The average molecular weight is 171 g/mol. The lowest BCUT2D eigenvalue weighted by Gasteiger charge is -2.17. The molecule has 0 amide bonds. The van der Waals surface area contributed by atoms with E-state index in [0.717, 1.165) is 13.0 Å². The summed E-state index contributed by atoms with van der Waals surface area (Å²) in [5.74, 6) is 0.338. The van der Waals surface area contributed by atoms with E-state index in [0.29, 0.717) is 6.61 Å². The van der Waals surface area contributed by atoms with Crippen LogP contribution in [0.3, 0.4) is 0 Å². The number of rotatable bonds is 3. The van der Waals surface area contributed by atoms with Crippen LogP contribution in [-0.2, 0) is 9.53 Å². The Labute approximate surface area is 73.3 Å². The van der Waals surface area contributed by atoms with Crippen LogP contribution in [0.25, 0.3) is 0 Å². The van der Waals surface area contributed by atoms with Gasteiger partial charge in [0.25, 0.3) is 0 Å². The Morgan fingerprint density at radius 1 is 1.58 bits per heavy atom. The molecule has 1 saturated heterocycles. The van der Waals surface area contributed by atoms with Crippen molar-refractivity contribution in [1.82, 2.24) is 0 Å². The molecule has 70 valence electrons. The molecule has 0 aliphatic carbocycles. The van der Waals surface area contributed by atoms with Gasteiger partial charge < -0.3 is 10.5 Å². The van der Waals surface area contributed by atoms with Crippen LogP contribution in [0.15, 0.2) is 0 Å². The molecule has 1 rings (SSSR count). The smallest absolute Gasteiger partial charge is 0.142 e. The summed E-state index contributed by atoms with van der Waals surface area (Å²) in [6, 6.07) is -0.0434. The van der Waals surface area contributed by atoms with Gasteiger partial charge in [0.15, 0.2) is 0 Å². The van der Waals surface area contributed by atoms with E-state index in [2.05, 4.69) is 0 Å². The minimum absolute atomic E-state index is 0.0308. The van der Waals surface area contributed by atoms with Gasteiger partial charge in [0, 0.05) is 24.5 Å². The summed E-state index contributed by atoms with van der Waals surface area (Å²) in [5.41, 5.74) is 5.64. The van der Waals surface area contributed by atoms with Gasteiger partial charge in [0.1, 0.15) is 5.78 Å². The predicted octanol–water partition coefficient (Wildman–Crippen LogP) is 0.575. The molecule has 1 heterocycles. The van der Waals surface area contributed by atoms with Crippen molar-refractivity contribution >= 4 is 5.78 Å². The SMILES string of the molecule is CC(N)C(C)C(=O)C1CCOC1. The van der Waals surface area contributed by atoms with E-state index in [4.69, 9.17) is 10.5 Å². The van der Waals surface area contributed by atoms with Crippen molar-refractivity contribution in [2.75, 3.05) is 13.2 Å². The summed E-state index contributed by atoms with van der Waals surface area (Å²) in [4.78, 5) is 11.6. The normalized spacial score (nSPS) is 28.4. The molecule has 0 aromatic rings. The van der Waals surface area contributed by atoms with Gasteiger partial charge in [0.2, 0.25) is 0 Å². The Hall–Kier alpha value is -0.410. The number of nitrogens with two attached hydrogens (primary N) is 1.